The summed E-state index contributed by atoms with van der Waals surface area (Å²) in [7, 11) is 0. The Morgan fingerprint density at radius 2 is 1.17 bits per heavy atom. The first-order valence-corrected chi connectivity index (χ1v) is 7.40. The van der Waals surface area contributed by atoms with E-state index in [9.17, 15) is 44.7 Å². The van der Waals surface area contributed by atoms with Crippen molar-refractivity contribution in [2.45, 2.75) is 69.5 Å². The Hall–Kier alpha value is -0.740. The molecule has 0 bridgehead atoms. The summed E-state index contributed by atoms with van der Waals surface area (Å²) in [5.74, 6) is -12.3. The quantitative estimate of drug-likeness (QED) is 0.233. The Morgan fingerprint density at radius 1 is 0.867 bits per heavy atom. The molecule has 176 valence electrons. The summed E-state index contributed by atoms with van der Waals surface area (Å²) >= 11 is 0. The predicted octanol–water partition coefficient (Wildman–Crippen LogP) is -0.469. The van der Waals surface area contributed by atoms with Gasteiger partial charge in [-0.1, -0.05) is 0 Å². The monoisotopic (exact) mass is 476 g/mol. The Labute approximate surface area is 188 Å². The van der Waals surface area contributed by atoms with Gasteiger partial charge in [0.25, 0.3) is 0 Å². The third-order valence-corrected chi connectivity index (χ3v) is 3.27. The van der Waals surface area contributed by atoms with Gasteiger partial charge in [0.05, 0.1) is 19.4 Å². The second-order valence-corrected chi connectivity index (χ2v) is 5.95. The second kappa shape index (κ2) is 13.6. The third-order valence-electron chi connectivity index (χ3n) is 3.27. The van der Waals surface area contributed by atoms with Gasteiger partial charge in [0.15, 0.2) is 0 Å². The van der Waals surface area contributed by atoms with Crippen LogP contribution in [0, 0.1) is 0 Å². The van der Waals surface area contributed by atoms with Crippen LogP contribution in [-0.2, 0) is 14.3 Å². The molecule has 0 aromatic carbocycles. The van der Waals surface area contributed by atoms with E-state index in [0.29, 0.717) is 13.8 Å². The van der Waals surface area contributed by atoms with E-state index < -0.39 is 60.7 Å². The molecule has 2 unspecified atom stereocenters. The number of hydrogen-bond acceptors (Lipinski definition) is 6. The number of carbonyl (C=O) groups excluding carboxylic acids is 1. The van der Waals surface area contributed by atoms with E-state index in [1.54, 1.807) is 0 Å². The molecular weight excluding hydrogens is 455 g/mol. The maximum absolute atomic E-state index is 12.7. The van der Waals surface area contributed by atoms with Crippen molar-refractivity contribution in [2.75, 3.05) is 6.61 Å². The second-order valence-electron chi connectivity index (χ2n) is 5.95. The average molecular weight is 476 g/mol. The fourth-order valence-corrected chi connectivity index (χ4v) is 1.49. The van der Waals surface area contributed by atoms with Gasteiger partial charge in [-0.2, -0.15) is 17.6 Å². The van der Waals surface area contributed by atoms with E-state index in [2.05, 4.69) is 4.74 Å². The molecule has 4 N–H and O–H groups in total. The molecule has 0 aliphatic carbocycles. The number of carbonyl (C=O) groups is 2. The molecule has 0 aromatic rings. The number of hydrogen-bond donors (Lipinski definition) is 3. The number of carboxylic acids is 1. The molecule has 0 fully saturated rings. The van der Waals surface area contributed by atoms with E-state index in [1.807, 2.05) is 0 Å². The minimum absolute atomic E-state index is 0. The fraction of sp³-hybridized carbons (Fsp3) is 0.857. The van der Waals surface area contributed by atoms with Gasteiger partial charge in [0, 0.05) is 0 Å². The van der Waals surface area contributed by atoms with Crippen molar-refractivity contribution in [3.63, 3.8) is 0 Å². The third kappa shape index (κ3) is 10.5. The number of alkyl halides is 8. The van der Waals surface area contributed by atoms with E-state index in [1.165, 1.54) is 6.92 Å². The Bertz CT molecular complexity index is 530. The van der Waals surface area contributed by atoms with Crippen molar-refractivity contribution in [2.24, 2.45) is 0 Å². The molecule has 0 rings (SSSR count). The SMILES string of the molecule is CC(O)(CC(=O)O)C(F)(F)C(F)F.CCOC(=O)CC(C)(O)C(F)(F)C(F)F.[Na+].[OH-]. The standard InChI is InChI=1S/C8H12F4O3.C6H8F4O3.Na.H2O/c1-3-15-5(13)4-7(2,14)8(11,12)6(9)10;1-5(13,2-3(11)12)6(9,10)4(7)8;;/h6,14H,3-4H2,1-2H3;4,13H,2H2,1H3,(H,11,12);;1H2/q;;+1;/p-1. The number of rotatable bonds is 9. The zero-order valence-electron chi connectivity index (χ0n) is 16.3. The molecule has 2 atom stereocenters. The van der Waals surface area contributed by atoms with Crippen LogP contribution in [0.5, 0.6) is 0 Å². The van der Waals surface area contributed by atoms with Gasteiger partial charge in [-0.15, -0.1) is 0 Å². The van der Waals surface area contributed by atoms with E-state index in [0.717, 1.165) is 0 Å². The summed E-state index contributed by atoms with van der Waals surface area (Å²) in [5, 5.41) is 25.9. The molecule has 0 radical (unpaired) electrons. The largest absolute Gasteiger partial charge is 1.00 e. The number of carboxylic acid groups (broad SMARTS) is 1. The van der Waals surface area contributed by atoms with Crippen LogP contribution in [0.25, 0.3) is 0 Å². The summed E-state index contributed by atoms with van der Waals surface area (Å²) in [6.45, 7) is 2.18. The predicted molar refractivity (Wildman–Crippen MR) is 78.6 cm³/mol. The smallest absolute Gasteiger partial charge is 0.870 e. The summed E-state index contributed by atoms with van der Waals surface area (Å²) in [4.78, 5) is 20.7. The van der Waals surface area contributed by atoms with Gasteiger partial charge < -0.3 is 25.5 Å². The number of aliphatic hydroxyl groups is 2. The topological polar surface area (TPSA) is 134 Å². The van der Waals surface area contributed by atoms with Crippen LogP contribution in [0.2, 0.25) is 0 Å². The minimum atomic E-state index is -4.73. The van der Waals surface area contributed by atoms with Gasteiger partial charge in [-0.3, -0.25) is 9.59 Å². The molecular formula is C14H21F8NaO7. The number of esters is 1. The normalized spacial score (nSPS) is 15.6. The minimum Gasteiger partial charge on any atom is -0.870 e. The Kier molecular flexibility index (Phi) is 16.6. The Morgan fingerprint density at radius 3 is 1.40 bits per heavy atom. The first-order chi connectivity index (χ1) is 12.3. The zero-order chi connectivity index (χ0) is 23.1. The van der Waals surface area contributed by atoms with Crippen molar-refractivity contribution in [1.29, 1.82) is 0 Å². The molecule has 0 spiro atoms. The molecule has 0 heterocycles. The van der Waals surface area contributed by atoms with Gasteiger partial charge in [-0.25, -0.2) is 17.6 Å². The molecule has 0 saturated carbocycles. The number of aliphatic carboxylic acids is 1. The van der Waals surface area contributed by atoms with Crippen LogP contribution in [0.3, 0.4) is 0 Å². The maximum Gasteiger partial charge on any atom is 1.00 e. The maximum atomic E-state index is 12.7. The van der Waals surface area contributed by atoms with Gasteiger partial charge in [0.2, 0.25) is 0 Å². The summed E-state index contributed by atoms with van der Waals surface area (Å²) in [6.07, 6.45) is -10.8. The van der Waals surface area contributed by atoms with Gasteiger partial charge in [-0.05, 0) is 20.8 Å². The molecule has 16 heteroatoms. The van der Waals surface area contributed by atoms with Crippen LogP contribution in [0.4, 0.5) is 35.1 Å². The Balaban J connectivity index is -0.000000213. The van der Waals surface area contributed by atoms with E-state index in [-0.39, 0.29) is 41.6 Å². The summed E-state index contributed by atoms with van der Waals surface area (Å²) in [5.41, 5.74) is -6.36. The molecule has 0 saturated heterocycles. The first-order valence-electron chi connectivity index (χ1n) is 7.40. The zero-order valence-corrected chi connectivity index (χ0v) is 18.3. The van der Waals surface area contributed by atoms with Crippen LogP contribution < -0.4 is 29.6 Å². The average Bonchev–Trinajstić information content (AvgIpc) is 2.45. The van der Waals surface area contributed by atoms with Crippen LogP contribution in [-0.4, -0.2) is 75.2 Å². The van der Waals surface area contributed by atoms with Crippen molar-refractivity contribution in [3.8, 4) is 0 Å². The number of halogens is 8. The van der Waals surface area contributed by atoms with Crippen molar-refractivity contribution < 1.29 is 99.8 Å². The van der Waals surface area contributed by atoms with Gasteiger partial charge >= 0.3 is 66.2 Å². The van der Waals surface area contributed by atoms with Gasteiger partial charge in [0.1, 0.15) is 11.2 Å². The van der Waals surface area contributed by atoms with Crippen molar-refractivity contribution >= 4 is 11.9 Å². The molecule has 0 aromatic heterocycles. The molecule has 0 aliphatic rings. The van der Waals surface area contributed by atoms with Crippen molar-refractivity contribution in [1.82, 2.24) is 0 Å². The molecule has 7 nitrogen and oxygen atoms in total. The summed E-state index contributed by atoms with van der Waals surface area (Å²) in [6, 6.07) is 0. The molecule has 0 amide bonds. The van der Waals surface area contributed by atoms with Crippen LogP contribution in [0.15, 0.2) is 0 Å². The first kappa shape index (κ1) is 36.6. The van der Waals surface area contributed by atoms with Crippen molar-refractivity contribution in [3.05, 3.63) is 0 Å². The molecule has 30 heavy (non-hydrogen) atoms. The van der Waals surface area contributed by atoms with Crippen LogP contribution in [0.1, 0.15) is 33.6 Å². The van der Waals surface area contributed by atoms with Crippen LogP contribution >= 0.6 is 0 Å². The van der Waals surface area contributed by atoms with E-state index in [4.69, 9.17) is 15.3 Å². The molecule has 0 aliphatic heterocycles. The summed E-state index contributed by atoms with van der Waals surface area (Å²) < 4.78 is 102. The fourth-order valence-electron chi connectivity index (χ4n) is 1.49. The van der Waals surface area contributed by atoms with E-state index >= 15 is 0 Å². The number of ether oxygens (including phenoxy) is 1.